The van der Waals surface area contributed by atoms with Gasteiger partial charge in [0, 0.05) is 25.6 Å². The fraction of sp³-hybridized carbons (Fsp3) is 0.742. The lowest BCUT2D eigenvalue weighted by Gasteiger charge is -2.09. The van der Waals surface area contributed by atoms with Crippen molar-refractivity contribution in [2.24, 2.45) is 0 Å². The van der Waals surface area contributed by atoms with Gasteiger partial charge in [0.25, 0.3) is 5.69 Å². The Bertz CT molecular complexity index is 941. The number of rotatable bonds is 35. The van der Waals surface area contributed by atoms with E-state index in [0.717, 1.165) is 0 Å². The molecule has 1 N–H and O–H groups in total. The number of nitro groups is 1. The molecule has 0 aromatic heterocycles. The Morgan fingerprint density at radius 2 is 0.837 bits per heavy atom. The molecule has 0 saturated heterocycles. The van der Waals surface area contributed by atoms with E-state index < -0.39 is 11.1 Å². The summed E-state index contributed by atoms with van der Waals surface area (Å²) < 4.78 is 63.8. The quantitative estimate of drug-likeness (QED) is 0.0349. The first-order valence-electron chi connectivity index (χ1n) is 16.1. The lowest BCUT2D eigenvalue weighted by atomic mass is 10.3. The topological polar surface area (TPSA) is 200 Å². The zero-order valence-corrected chi connectivity index (χ0v) is 28.3. The predicted molar refractivity (Wildman–Crippen MR) is 172 cm³/mol. The molecule has 0 bridgehead atoms. The Morgan fingerprint density at radius 1 is 0.531 bits per heavy atom. The van der Waals surface area contributed by atoms with E-state index in [9.17, 15) is 19.7 Å². The highest BCUT2D eigenvalue weighted by Crippen LogP contribution is 2.17. The average molecular weight is 709 g/mol. The van der Waals surface area contributed by atoms with E-state index >= 15 is 0 Å². The molecule has 0 atom stereocenters. The molecule has 0 aliphatic rings. The molecule has 0 heterocycles. The molecule has 0 spiro atoms. The van der Waals surface area contributed by atoms with Gasteiger partial charge >= 0.3 is 6.16 Å². The average Bonchev–Trinajstić information content (AvgIpc) is 3.08. The van der Waals surface area contributed by atoms with E-state index in [2.05, 4.69) is 5.32 Å². The molecule has 1 amide bonds. The van der Waals surface area contributed by atoms with Crippen molar-refractivity contribution >= 4 is 17.7 Å². The van der Waals surface area contributed by atoms with Crippen molar-refractivity contribution in [3.05, 3.63) is 34.4 Å². The number of nitrogens with one attached hydrogen (secondary N) is 1. The van der Waals surface area contributed by atoms with Crippen LogP contribution in [-0.4, -0.2) is 162 Å². The van der Waals surface area contributed by atoms with Crippen LogP contribution in [0.4, 0.5) is 10.5 Å². The summed E-state index contributed by atoms with van der Waals surface area (Å²) in [4.78, 5) is 32.4. The Morgan fingerprint density at radius 3 is 1.14 bits per heavy atom. The molecule has 18 heteroatoms. The van der Waals surface area contributed by atoms with Gasteiger partial charge in [-0.3, -0.25) is 14.9 Å². The number of ether oxygens (including phenoxy) is 12. The summed E-state index contributed by atoms with van der Waals surface area (Å²) in [6, 6.07) is 5.06. The van der Waals surface area contributed by atoms with Gasteiger partial charge in [-0.25, -0.2) is 4.79 Å². The van der Waals surface area contributed by atoms with E-state index in [1.54, 1.807) is 0 Å². The van der Waals surface area contributed by atoms with Gasteiger partial charge in [0.15, 0.2) is 0 Å². The van der Waals surface area contributed by atoms with Crippen molar-refractivity contribution in [2.75, 3.05) is 145 Å². The van der Waals surface area contributed by atoms with Crippen molar-refractivity contribution in [1.82, 2.24) is 5.32 Å². The lowest BCUT2D eigenvalue weighted by Crippen LogP contribution is -2.25. The van der Waals surface area contributed by atoms with Crippen LogP contribution in [0.2, 0.25) is 0 Å². The summed E-state index contributed by atoms with van der Waals surface area (Å²) in [5.41, 5.74) is -0.108. The minimum absolute atomic E-state index is 0.0113. The van der Waals surface area contributed by atoms with Crippen LogP contribution < -0.4 is 10.1 Å². The number of non-ortho nitro benzene ring substituents is 1. The van der Waals surface area contributed by atoms with Crippen LogP contribution in [0.5, 0.6) is 5.75 Å². The maximum atomic E-state index is 11.6. The van der Waals surface area contributed by atoms with Crippen LogP contribution in [0, 0.1) is 10.1 Å². The van der Waals surface area contributed by atoms with Crippen LogP contribution in [0.3, 0.4) is 0 Å². The Hall–Kier alpha value is -3.04. The molecular formula is C31H52N2O16. The van der Waals surface area contributed by atoms with Crippen molar-refractivity contribution in [3.8, 4) is 5.75 Å². The molecule has 0 fully saturated rings. The Kier molecular flexibility index (Phi) is 30.0. The van der Waals surface area contributed by atoms with Gasteiger partial charge in [-0.1, -0.05) is 0 Å². The Labute approximate surface area is 286 Å². The summed E-state index contributed by atoms with van der Waals surface area (Å²) in [7, 11) is 0. The van der Waals surface area contributed by atoms with E-state index in [-0.39, 0.29) is 30.6 Å². The fourth-order valence-electron chi connectivity index (χ4n) is 3.33. The monoisotopic (exact) mass is 708 g/mol. The van der Waals surface area contributed by atoms with Crippen molar-refractivity contribution in [1.29, 1.82) is 0 Å². The molecule has 0 radical (unpaired) electrons. The third-order valence-corrected chi connectivity index (χ3v) is 5.66. The minimum atomic E-state index is -0.930. The normalized spacial score (nSPS) is 11.0. The first-order valence-corrected chi connectivity index (χ1v) is 16.1. The highest BCUT2D eigenvalue weighted by molar-refractivity contribution is 5.72. The molecular weight excluding hydrogens is 656 g/mol. The molecule has 0 aliphatic carbocycles. The zero-order valence-electron chi connectivity index (χ0n) is 28.3. The number of amides is 1. The van der Waals surface area contributed by atoms with E-state index in [0.29, 0.717) is 132 Å². The Balaban J connectivity index is 1.68. The third kappa shape index (κ3) is 30.7. The largest absolute Gasteiger partial charge is 0.513 e. The standard InChI is InChI=1S/C31H52N2O16/c1-28(34)32-6-7-38-8-9-39-10-11-40-12-13-41-14-15-42-16-17-43-18-19-44-20-21-45-22-23-46-24-25-47-26-27-48-31(35)49-30-4-2-29(3-5-30)33(36)37/h2-5H,6-27H2,1H3,(H,32,34). The summed E-state index contributed by atoms with van der Waals surface area (Å²) in [5, 5.41) is 13.3. The van der Waals surface area contributed by atoms with Crippen LogP contribution in [0.15, 0.2) is 24.3 Å². The second-order valence-electron chi connectivity index (χ2n) is 9.56. The predicted octanol–water partition coefficient (Wildman–Crippen LogP) is 1.41. The molecule has 0 saturated carbocycles. The third-order valence-electron chi connectivity index (χ3n) is 5.66. The van der Waals surface area contributed by atoms with Gasteiger partial charge in [-0.05, 0) is 12.1 Å². The SMILES string of the molecule is CC(=O)NCCOCCOCCOCCOCCOCCOCCOCCOCCOCCOCCOC(=O)Oc1ccc([N+](=O)[O-])cc1. The second kappa shape index (κ2) is 33.5. The van der Waals surface area contributed by atoms with Gasteiger partial charge in [0.2, 0.25) is 5.91 Å². The first kappa shape index (κ1) is 44.0. The second-order valence-corrected chi connectivity index (χ2v) is 9.56. The van der Waals surface area contributed by atoms with Crippen LogP contribution in [0.1, 0.15) is 6.92 Å². The minimum Gasteiger partial charge on any atom is -0.432 e. The highest BCUT2D eigenvalue weighted by atomic mass is 16.7. The van der Waals surface area contributed by atoms with Gasteiger partial charge in [-0.2, -0.15) is 0 Å². The fourth-order valence-corrected chi connectivity index (χ4v) is 3.33. The van der Waals surface area contributed by atoms with Gasteiger partial charge in [-0.15, -0.1) is 0 Å². The van der Waals surface area contributed by atoms with E-state index in [4.69, 9.17) is 56.8 Å². The van der Waals surface area contributed by atoms with Crippen LogP contribution in [0.25, 0.3) is 0 Å². The molecule has 1 aromatic carbocycles. The maximum Gasteiger partial charge on any atom is 0.513 e. The van der Waals surface area contributed by atoms with Crippen LogP contribution in [-0.2, 0) is 56.9 Å². The molecule has 18 nitrogen and oxygen atoms in total. The maximum absolute atomic E-state index is 11.6. The van der Waals surface area contributed by atoms with Gasteiger partial charge in [0.05, 0.1) is 137 Å². The van der Waals surface area contributed by atoms with Crippen LogP contribution >= 0.6 is 0 Å². The van der Waals surface area contributed by atoms with Crippen molar-refractivity contribution < 1.29 is 71.4 Å². The summed E-state index contributed by atoms with van der Waals surface area (Å²) >= 11 is 0. The highest BCUT2D eigenvalue weighted by Gasteiger charge is 2.09. The number of hydrogen-bond acceptors (Lipinski definition) is 16. The molecule has 1 rings (SSSR count). The van der Waals surface area contributed by atoms with E-state index in [1.807, 2.05) is 0 Å². The lowest BCUT2D eigenvalue weighted by molar-refractivity contribution is -0.384. The summed E-state index contributed by atoms with van der Waals surface area (Å²) in [6.45, 7) is 10.6. The van der Waals surface area contributed by atoms with Crippen molar-refractivity contribution in [3.63, 3.8) is 0 Å². The smallest absolute Gasteiger partial charge is 0.432 e. The number of hydrogen-bond donors (Lipinski definition) is 1. The van der Waals surface area contributed by atoms with E-state index in [1.165, 1.54) is 31.2 Å². The number of nitrogens with zero attached hydrogens (tertiary/aromatic N) is 1. The molecule has 0 aliphatic heterocycles. The zero-order chi connectivity index (χ0) is 35.5. The molecule has 0 unspecified atom stereocenters. The number of benzene rings is 1. The summed E-state index contributed by atoms with van der Waals surface area (Å²) in [5.74, 6) is 0.0665. The first-order chi connectivity index (χ1) is 24.0. The number of carbonyl (C=O) groups excluding carboxylic acids is 2. The van der Waals surface area contributed by atoms with Crippen molar-refractivity contribution in [2.45, 2.75) is 6.92 Å². The molecule has 49 heavy (non-hydrogen) atoms. The number of carbonyl (C=O) groups is 2. The number of nitro benzene ring substituents is 1. The summed E-state index contributed by atoms with van der Waals surface area (Å²) in [6.07, 6.45) is -0.930. The van der Waals surface area contributed by atoms with Gasteiger partial charge < -0.3 is 62.2 Å². The molecule has 282 valence electrons. The van der Waals surface area contributed by atoms with Gasteiger partial charge in [0.1, 0.15) is 12.4 Å². The molecule has 1 aromatic rings.